The van der Waals surface area contributed by atoms with Crippen LogP contribution in [-0.2, 0) is 19.6 Å². The molecule has 0 saturated heterocycles. The van der Waals surface area contributed by atoms with Crippen molar-refractivity contribution in [2.24, 2.45) is 0 Å². The Morgan fingerprint density at radius 1 is 1.12 bits per heavy atom. The molecule has 0 aliphatic heterocycles. The number of nitrogens with one attached hydrogen (secondary N) is 1. The van der Waals surface area contributed by atoms with Crippen LogP contribution in [0.4, 0.5) is 0 Å². The molecule has 24 heavy (non-hydrogen) atoms. The Hall–Kier alpha value is -1.60. The molecule has 134 valence electrons. The molecule has 0 unspecified atom stereocenters. The lowest BCUT2D eigenvalue weighted by atomic mass is 10.1. The number of carbonyl (C=O) groups excluding carboxylic acids is 1. The van der Waals surface area contributed by atoms with E-state index >= 15 is 0 Å². The van der Waals surface area contributed by atoms with Gasteiger partial charge in [0.25, 0.3) is 0 Å². The predicted octanol–water partition coefficient (Wildman–Crippen LogP) is 2.63. The summed E-state index contributed by atoms with van der Waals surface area (Å²) >= 11 is 0. The second-order valence-electron chi connectivity index (χ2n) is 5.87. The minimum atomic E-state index is -3.53. The van der Waals surface area contributed by atoms with Crippen molar-refractivity contribution in [3.05, 3.63) is 24.3 Å². The van der Waals surface area contributed by atoms with Crippen molar-refractivity contribution in [1.29, 1.82) is 0 Å². The summed E-state index contributed by atoms with van der Waals surface area (Å²) in [4.78, 5) is 11.4. The molecule has 1 aromatic carbocycles. The van der Waals surface area contributed by atoms with E-state index in [0.717, 1.165) is 25.7 Å². The van der Waals surface area contributed by atoms with Gasteiger partial charge in [0.2, 0.25) is 10.0 Å². The van der Waals surface area contributed by atoms with Crippen LogP contribution >= 0.6 is 0 Å². The molecule has 1 fully saturated rings. The van der Waals surface area contributed by atoms with Gasteiger partial charge in [-0.3, -0.25) is 0 Å². The maximum absolute atomic E-state index is 12.4. The maximum Gasteiger partial charge on any atom is 0.344 e. The molecule has 6 nitrogen and oxygen atoms in total. The number of carbonyl (C=O) groups is 1. The molecular weight excluding hydrogens is 330 g/mol. The van der Waals surface area contributed by atoms with Gasteiger partial charge in [0.15, 0.2) is 6.61 Å². The third-order valence-corrected chi connectivity index (χ3v) is 5.51. The molecule has 7 heteroatoms. The first-order valence-electron chi connectivity index (χ1n) is 8.42. The summed E-state index contributed by atoms with van der Waals surface area (Å²) in [7, 11) is -3.53. The van der Waals surface area contributed by atoms with Gasteiger partial charge >= 0.3 is 5.97 Å². The molecule has 2 rings (SSSR count). The van der Waals surface area contributed by atoms with Crippen molar-refractivity contribution in [1.82, 2.24) is 4.72 Å². The number of sulfonamides is 1. The molecule has 0 radical (unpaired) electrons. The fraction of sp³-hybridized carbons (Fsp3) is 0.588. The number of benzene rings is 1. The highest BCUT2D eigenvalue weighted by Crippen LogP contribution is 2.21. The van der Waals surface area contributed by atoms with Crippen LogP contribution in [0.5, 0.6) is 5.75 Å². The van der Waals surface area contributed by atoms with Crippen LogP contribution in [0.15, 0.2) is 29.2 Å². The van der Waals surface area contributed by atoms with E-state index in [0.29, 0.717) is 12.4 Å². The fourth-order valence-corrected chi connectivity index (χ4v) is 4.05. The quantitative estimate of drug-likeness (QED) is 0.601. The Labute approximate surface area is 143 Å². The Morgan fingerprint density at radius 2 is 1.75 bits per heavy atom. The van der Waals surface area contributed by atoms with E-state index < -0.39 is 16.0 Å². The molecule has 1 aliphatic rings. The van der Waals surface area contributed by atoms with Gasteiger partial charge in [-0.05, 0) is 44.0 Å². The first-order chi connectivity index (χ1) is 11.5. The fourth-order valence-electron chi connectivity index (χ4n) is 2.74. The van der Waals surface area contributed by atoms with Crippen LogP contribution in [-0.4, -0.2) is 33.6 Å². The molecule has 1 aliphatic carbocycles. The van der Waals surface area contributed by atoms with Crippen molar-refractivity contribution >= 4 is 16.0 Å². The highest BCUT2D eigenvalue weighted by Gasteiger charge is 2.21. The standard InChI is InChI=1S/C17H25NO5S/c1-2-22-17(19)13-23-15-9-11-16(12-10-15)24(20,21)18-14-7-5-3-4-6-8-14/h9-12,14,18H,2-8,13H2,1H3. The van der Waals surface area contributed by atoms with E-state index in [2.05, 4.69) is 4.72 Å². The van der Waals surface area contributed by atoms with E-state index in [1.54, 1.807) is 19.1 Å². The van der Waals surface area contributed by atoms with Gasteiger partial charge in [0, 0.05) is 6.04 Å². The third-order valence-electron chi connectivity index (χ3n) is 3.97. The number of hydrogen-bond donors (Lipinski definition) is 1. The van der Waals surface area contributed by atoms with E-state index in [1.165, 1.54) is 25.0 Å². The molecule has 0 amide bonds. The zero-order valence-corrected chi connectivity index (χ0v) is 14.8. The summed E-state index contributed by atoms with van der Waals surface area (Å²) < 4.78 is 37.7. The second kappa shape index (κ2) is 9.03. The topological polar surface area (TPSA) is 81.7 Å². The van der Waals surface area contributed by atoms with Gasteiger partial charge in [-0.2, -0.15) is 0 Å². The number of ether oxygens (including phenoxy) is 2. The molecule has 0 bridgehead atoms. The van der Waals surface area contributed by atoms with Crippen LogP contribution in [0.1, 0.15) is 45.4 Å². The molecule has 0 aromatic heterocycles. The number of esters is 1. The van der Waals surface area contributed by atoms with Gasteiger partial charge in [-0.25, -0.2) is 17.9 Å². The zero-order valence-electron chi connectivity index (χ0n) is 14.0. The van der Waals surface area contributed by atoms with Gasteiger partial charge in [-0.15, -0.1) is 0 Å². The lowest BCUT2D eigenvalue weighted by molar-refractivity contribution is -0.145. The predicted molar refractivity (Wildman–Crippen MR) is 90.4 cm³/mol. The van der Waals surface area contributed by atoms with Gasteiger partial charge in [-0.1, -0.05) is 25.7 Å². The minimum absolute atomic E-state index is 0.0113. The highest BCUT2D eigenvalue weighted by molar-refractivity contribution is 7.89. The average Bonchev–Trinajstić information content (AvgIpc) is 2.82. The smallest absolute Gasteiger partial charge is 0.344 e. The molecule has 0 spiro atoms. The van der Waals surface area contributed by atoms with Crippen molar-refractivity contribution in [3.8, 4) is 5.75 Å². The summed E-state index contributed by atoms with van der Waals surface area (Å²) in [6, 6.07) is 6.07. The second-order valence-corrected chi connectivity index (χ2v) is 7.59. The number of rotatable bonds is 7. The monoisotopic (exact) mass is 355 g/mol. The maximum atomic E-state index is 12.4. The molecule has 1 N–H and O–H groups in total. The zero-order chi connectivity index (χ0) is 17.4. The van der Waals surface area contributed by atoms with E-state index in [-0.39, 0.29) is 17.5 Å². The van der Waals surface area contributed by atoms with Gasteiger partial charge in [0.1, 0.15) is 5.75 Å². The molecular formula is C17H25NO5S. The Kier molecular flexibility index (Phi) is 7.05. The number of hydrogen-bond acceptors (Lipinski definition) is 5. The van der Waals surface area contributed by atoms with Crippen molar-refractivity contribution in [2.75, 3.05) is 13.2 Å². The molecule has 1 aromatic rings. The Balaban J connectivity index is 1.94. The lowest BCUT2D eigenvalue weighted by Crippen LogP contribution is -2.34. The SMILES string of the molecule is CCOC(=O)COc1ccc(S(=O)(=O)NC2CCCCCC2)cc1. The largest absolute Gasteiger partial charge is 0.482 e. The van der Waals surface area contributed by atoms with Crippen LogP contribution in [0.2, 0.25) is 0 Å². The van der Waals surface area contributed by atoms with E-state index in [1.807, 2.05) is 0 Å². The van der Waals surface area contributed by atoms with E-state index in [9.17, 15) is 13.2 Å². The Bertz CT molecular complexity index is 619. The Morgan fingerprint density at radius 3 is 2.33 bits per heavy atom. The summed E-state index contributed by atoms with van der Waals surface area (Å²) in [5.74, 6) is -0.0271. The average molecular weight is 355 g/mol. The third kappa shape index (κ3) is 5.79. The van der Waals surface area contributed by atoms with Crippen LogP contribution in [0.3, 0.4) is 0 Å². The molecule has 0 atom stereocenters. The lowest BCUT2D eigenvalue weighted by Gasteiger charge is -2.16. The summed E-state index contributed by atoms with van der Waals surface area (Å²) in [5, 5.41) is 0. The van der Waals surface area contributed by atoms with Crippen LogP contribution < -0.4 is 9.46 Å². The first kappa shape index (κ1) is 18.7. The summed E-state index contributed by atoms with van der Waals surface area (Å²) in [6.07, 6.45) is 6.25. The summed E-state index contributed by atoms with van der Waals surface area (Å²) in [5.41, 5.74) is 0. The van der Waals surface area contributed by atoms with Crippen molar-refractivity contribution < 1.29 is 22.7 Å². The van der Waals surface area contributed by atoms with E-state index in [4.69, 9.17) is 9.47 Å². The van der Waals surface area contributed by atoms with Gasteiger partial charge < -0.3 is 9.47 Å². The summed E-state index contributed by atoms with van der Waals surface area (Å²) in [6.45, 7) is 1.82. The van der Waals surface area contributed by atoms with Gasteiger partial charge in [0.05, 0.1) is 11.5 Å². The minimum Gasteiger partial charge on any atom is -0.482 e. The normalized spacial score (nSPS) is 16.4. The molecule has 1 saturated carbocycles. The highest BCUT2D eigenvalue weighted by atomic mass is 32.2. The van der Waals surface area contributed by atoms with Crippen LogP contribution in [0.25, 0.3) is 0 Å². The van der Waals surface area contributed by atoms with Crippen LogP contribution in [0, 0.1) is 0 Å². The van der Waals surface area contributed by atoms with Crippen molar-refractivity contribution in [3.63, 3.8) is 0 Å². The van der Waals surface area contributed by atoms with Crippen molar-refractivity contribution in [2.45, 2.75) is 56.4 Å². The first-order valence-corrected chi connectivity index (χ1v) is 9.90. The molecule has 0 heterocycles.